The highest BCUT2D eigenvalue weighted by Crippen LogP contribution is 2.27. The molecule has 0 spiro atoms. The number of carbonyl (C=O) groups is 2. The van der Waals surface area contributed by atoms with Crippen LogP contribution in [0.4, 0.5) is 5.69 Å². The van der Waals surface area contributed by atoms with E-state index in [4.69, 9.17) is 27.9 Å². The third-order valence-corrected chi connectivity index (χ3v) is 6.56. The van der Waals surface area contributed by atoms with Gasteiger partial charge in [0.15, 0.2) is 0 Å². The van der Waals surface area contributed by atoms with Crippen LogP contribution in [0.3, 0.4) is 0 Å². The lowest BCUT2D eigenvalue weighted by Gasteiger charge is -2.17. The second kappa shape index (κ2) is 10.9. The Hall–Kier alpha value is -3.35. The highest BCUT2D eigenvalue weighted by Gasteiger charge is 2.35. The van der Waals surface area contributed by atoms with Gasteiger partial charge in [0.2, 0.25) is 11.8 Å². The minimum absolute atomic E-state index is 0.0622. The smallest absolute Gasteiger partial charge is 0.245 e. The van der Waals surface area contributed by atoms with E-state index in [0.29, 0.717) is 28.9 Å². The van der Waals surface area contributed by atoms with Crippen LogP contribution < -0.4 is 15.1 Å². The number of hydrazone groups is 1. The number of halogens is 2. The average Bonchev–Trinajstić information content (AvgIpc) is 3.23. The number of nitrogens with one attached hydrogen (secondary N) is 1. The van der Waals surface area contributed by atoms with Crippen molar-refractivity contribution < 1.29 is 14.3 Å². The van der Waals surface area contributed by atoms with Crippen molar-refractivity contribution in [1.82, 2.24) is 5.43 Å². The fourth-order valence-corrected chi connectivity index (χ4v) is 4.20. The van der Waals surface area contributed by atoms with E-state index in [1.165, 1.54) is 0 Å². The molecule has 0 unspecified atom stereocenters. The first-order valence-corrected chi connectivity index (χ1v) is 11.9. The molecule has 1 heterocycles. The van der Waals surface area contributed by atoms with Crippen molar-refractivity contribution in [3.05, 3.63) is 93.0 Å². The van der Waals surface area contributed by atoms with Crippen LogP contribution in [-0.2, 0) is 16.2 Å². The standard InChI is InChI=1S/C27H25Cl2N3O3/c1-17-3-8-23(11-18(17)2)32-15-21(12-26(32)33)27(34)31-30-14-19-4-9-24(10-5-19)35-16-20-6-7-22(28)13-25(20)29/h3-11,13-14,21H,12,15-16H2,1-2H3,(H,31,34)/b30-14-/t21-/m1/s1. The zero-order valence-corrected chi connectivity index (χ0v) is 20.9. The Morgan fingerprint density at radius 3 is 2.57 bits per heavy atom. The summed E-state index contributed by atoms with van der Waals surface area (Å²) in [4.78, 5) is 26.7. The van der Waals surface area contributed by atoms with E-state index in [1.54, 1.807) is 23.2 Å². The molecule has 1 aliphatic heterocycles. The van der Waals surface area contributed by atoms with Crippen LogP contribution in [0.25, 0.3) is 0 Å². The molecule has 3 aromatic carbocycles. The van der Waals surface area contributed by atoms with Crippen molar-refractivity contribution in [3.8, 4) is 5.75 Å². The van der Waals surface area contributed by atoms with E-state index in [0.717, 1.165) is 27.9 Å². The third-order valence-electron chi connectivity index (χ3n) is 5.98. The largest absolute Gasteiger partial charge is 0.489 e. The molecule has 3 aromatic rings. The number of hydrogen-bond acceptors (Lipinski definition) is 4. The minimum Gasteiger partial charge on any atom is -0.489 e. The number of rotatable bonds is 7. The van der Waals surface area contributed by atoms with Crippen LogP contribution in [0, 0.1) is 19.8 Å². The third kappa shape index (κ3) is 6.21. The maximum absolute atomic E-state index is 12.6. The van der Waals surface area contributed by atoms with Crippen molar-refractivity contribution in [2.75, 3.05) is 11.4 Å². The zero-order chi connectivity index (χ0) is 24.9. The van der Waals surface area contributed by atoms with E-state index in [2.05, 4.69) is 10.5 Å². The Kier molecular flexibility index (Phi) is 7.73. The molecule has 35 heavy (non-hydrogen) atoms. The summed E-state index contributed by atoms with van der Waals surface area (Å²) in [5.74, 6) is -0.113. The molecule has 0 aliphatic carbocycles. The molecule has 1 atom stereocenters. The van der Waals surface area contributed by atoms with Gasteiger partial charge in [-0.05, 0) is 79.1 Å². The first-order valence-electron chi connectivity index (χ1n) is 11.2. The minimum atomic E-state index is -0.447. The number of hydrogen-bond donors (Lipinski definition) is 1. The maximum atomic E-state index is 12.6. The summed E-state index contributed by atoms with van der Waals surface area (Å²) in [5, 5.41) is 5.18. The van der Waals surface area contributed by atoms with Gasteiger partial charge in [-0.15, -0.1) is 0 Å². The Bertz CT molecular complexity index is 1280. The quantitative estimate of drug-likeness (QED) is 0.328. The summed E-state index contributed by atoms with van der Waals surface area (Å²) in [6.45, 7) is 4.69. The summed E-state index contributed by atoms with van der Waals surface area (Å²) >= 11 is 12.1. The lowest BCUT2D eigenvalue weighted by molar-refractivity contribution is -0.126. The van der Waals surface area contributed by atoms with Crippen LogP contribution in [-0.4, -0.2) is 24.6 Å². The molecule has 1 N–H and O–H groups in total. The van der Waals surface area contributed by atoms with Gasteiger partial charge < -0.3 is 9.64 Å². The molecule has 0 saturated carbocycles. The summed E-state index contributed by atoms with van der Waals surface area (Å²) < 4.78 is 5.77. The zero-order valence-electron chi connectivity index (χ0n) is 19.4. The average molecular weight is 510 g/mol. The van der Waals surface area contributed by atoms with Gasteiger partial charge in [-0.3, -0.25) is 9.59 Å². The SMILES string of the molecule is Cc1ccc(N2C[C@H](C(=O)N/N=C\c3ccc(OCc4ccc(Cl)cc4Cl)cc3)CC2=O)cc1C. The van der Waals surface area contributed by atoms with Crippen molar-refractivity contribution in [3.63, 3.8) is 0 Å². The fourth-order valence-electron chi connectivity index (χ4n) is 3.74. The van der Waals surface area contributed by atoms with E-state index < -0.39 is 5.92 Å². The second-order valence-corrected chi connectivity index (χ2v) is 9.35. The Morgan fingerprint density at radius 2 is 1.86 bits per heavy atom. The lowest BCUT2D eigenvalue weighted by Crippen LogP contribution is -2.30. The van der Waals surface area contributed by atoms with Crippen molar-refractivity contribution in [2.24, 2.45) is 11.0 Å². The van der Waals surface area contributed by atoms with Crippen LogP contribution >= 0.6 is 23.2 Å². The highest BCUT2D eigenvalue weighted by molar-refractivity contribution is 6.35. The van der Waals surface area contributed by atoms with Crippen LogP contribution in [0.15, 0.2) is 65.8 Å². The molecular formula is C27H25Cl2N3O3. The molecule has 1 aliphatic rings. The number of carbonyl (C=O) groups excluding carboxylic acids is 2. The number of benzene rings is 3. The van der Waals surface area contributed by atoms with Gasteiger partial charge in [0.05, 0.1) is 12.1 Å². The van der Waals surface area contributed by atoms with E-state index in [1.807, 2.05) is 62.4 Å². The van der Waals surface area contributed by atoms with Gasteiger partial charge in [-0.1, -0.05) is 35.3 Å². The fraction of sp³-hybridized carbons (Fsp3) is 0.222. The predicted molar refractivity (Wildman–Crippen MR) is 139 cm³/mol. The van der Waals surface area contributed by atoms with Crippen molar-refractivity contribution in [1.29, 1.82) is 0 Å². The first-order chi connectivity index (χ1) is 16.8. The Morgan fingerprint density at radius 1 is 1.09 bits per heavy atom. The topological polar surface area (TPSA) is 71.0 Å². The van der Waals surface area contributed by atoms with Gasteiger partial charge >= 0.3 is 0 Å². The Labute approximate surface area is 214 Å². The molecule has 0 bridgehead atoms. The number of amides is 2. The summed E-state index contributed by atoms with van der Waals surface area (Å²) in [6.07, 6.45) is 1.72. The molecule has 2 amide bonds. The second-order valence-electron chi connectivity index (χ2n) is 8.50. The number of anilines is 1. The molecule has 0 radical (unpaired) electrons. The van der Waals surface area contributed by atoms with Gasteiger partial charge in [0.25, 0.3) is 0 Å². The number of aryl methyl sites for hydroxylation is 2. The van der Waals surface area contributed by atoms with E-state index >= 15 is 0 Å². The van der Waals surface area contributed by atoms with Gasteiger partial charge in [-0.2, -0.15) is 5.10 Å². The summed E-state index contributed by atoms with van der Waals surface area (Å²) in [6, 6.07) is 18.4. The van der Waals surface area contributed by atoms with Crippen molar-refractivity contribution >= 4 is 46.9 Å². The number of nitrogens with zero attached hydrogens (tertiary/aromatic N) is 2. The normalized spacial score (nSPS) is 15.6. The first kappa shape index (κ1) is 24.8. The van der Waals surface area contributed by atoms with Crippen LogP contribution in [0.2, 0.25) is 10.0 Å². The molecular weight excluding hydrogens is 485 g/mol. The molecule has 1 saturated heterocycles. The predicted octanol–water partition coefficient (Wildman–Crippen LogP) is 5.69. The molecule has 4 rings (SSSR count). The van der Waals surface area contributed by atoms with Crippen molar-refractivity contribution in [2.45, 2.75) is 26.9 Å². The van der Waals surface area contributed by atoms with E-state index in [9.17, 15) is 9.59 Å². The molecule has 0 aromatic heterocycles. The molecule has 1 fully saturated rings. The van der Waals surface area contributed by atoms with E-state index in [-0.39, 0.29) is 18.2 Å². The van der Waals surface area contributed by atoms with Crippen LogP contribution in [0.1, 0.15) is 28.7 Å². The summed E-state index contributed by atoms with van der Waals surface area (Å²) in [5.41, 5.74) is 7.27. The monoisotopic (exact) mass is 509 g/mol. The number of ether oxygens (including phenoxy) is 1. The summed E-state index contributed by atoms with van der Waals surface area (Å²) in [7, 11) is 0. The Balaban J connectivity index is 1.28. The van der Waals surface area contributed by atoms with Gasteiger partial charge in [-0.25, -0.2) is 5.43 Å². The van der Waals surface area contributed by atoms with Gasteiger partial charge in [0.1, 0.15) is 12.4 Å². The maximum Gasteiger partial charge on any atom is 0.245 e. The molecule has 6 nitrogen and oxygen atoms in total. The molecule has 180 valence electrons. The highest BCUT2D eigenvalue weighted by atomic mass is 35.5. The van der Waals surface area contributed by atoms with Gasteiger partial charge in [0, 0.05) is 34.3 Å². The molecule has 8 heteroatoms. The lowest BCUT2D eigenvalue weighted by atomic mass is 10.1. The van der Waals surface area contributed by atoms with Crippen LogP contribution in [0.5, 0.6) is 5.75 Å².